The van der Waals surface area contributed by atoms with E-state index in [9.17, 15) is 4.79 Å². The third-order valence-corrected chi connectivity index (χ3v) is 6.69. The van der Waals surface area contributed by atoms with Gasteiger partial charge in [0.1, 0.15) is 5.69 Å². The number of amides is 1. The molecule has 9 nitrogen and oxygen atoms in total. The van der Waals surface area contributed by atoms with Gasteiger partial charge in [0.05, 0.1) is 34.5 Å². The number of aromatic amines is 2. The smallest absolute Gasteiger partial charge is 0.227 e. The molecular formula is C27H19ClN8O. The van der Waals surface area contributed by atoms with Gasteiger partial charge in [-0.15, -0.1) is 0 Å². The standard InChI is InChI=1S/C27H19ClN8O/c28-18-3-1-2-15(6-18)21-12-30-13-22-23(21)34-26(33-22)24-20-8-17(10-31-25(20)36-35-24)16-7-19(11-29-9-16)32-27(37)14-4-5-14/h1-3,6-14H,4-5H2,(H,32,37)(H,33,34)(H,31,35,36). The average Bonchev–Trinajstić information content (AvgIpc) is 3.55. The summed E-state index contributed by atoms with van der Waals surface area (Å²) in [4.78, 5) is 33.7. The number of aromatic nitrogens is 7. The van der Waals surface area contributed by atoms with Crippen LogP contribution in [0.4, 0.5) is 5.69 Å². The van der Waals surface area contributed by atoms with E-state index in [1.807, 2.05) is 36.4 Å². The summed E-state index contributed by atoms with van der Waals surface area (Å²) >= 11 is 6.22. The third-order valence-electron chi connectivity index (χ3n) is 6.46. The number of rotatable bonds is 5. The molecule has 0 bridgehead atoms. The van der Waals surface area contributed by atoms with Crippen molar-refractivity contribution < 1.29 is 4.79 Å². The average molecular weight is 507 g/mol. The summed E-state index contributed by atoms with van der Waals surface area (Å²) in [6, 6.07) is 11.5. The zero-order chi connectivity index (χ0) is 24.9. The normalized spacial score (nSPS) is 13.3. The number of nitrogens with one attached hydrogen (secondary N) is 3. The van der Waals surface area contributed by atoms with E-state index in [4.69, 9.17) is 16.6 Å². The van der Waals surface area contributed by atoms with E-state index in [0.29, 0.717) is 27.9 Å². The molecular weight excluding hydrogens is 488 g/mol. The maximum absolute atomic E-state index is 12.2. The van der Waals surface area contributed by atoms with Crippen molar-refractivity contribution in [2.24, 2.45) is 5.92 Å². The van der Waals surface area contributed by atoms with Gasteiger partial charge in [-0.05, 0) is 42.7 Å². The topological polar surface area (TPSA) is 125 Å². The molecule has 0 atom stereocenters. The van der Waals surface area contributed by atoms with Crippen LogP contribution < -0.4 is 5.32 Å². The van der Waals surface area contributed by atoms with Crippen molar-refractivity contribution in [2.45, 2.75) is 12.8 Å². The van der Waals surface area contributed by atoms with Gasteiger partial charge in [-0.25, -0.2) is 9.97 Å². The molecule has 3 N–H and O–H groups in total. The zero-order valence-electron chi connectivity index (χ0n) is 19.4. The van der Waals surface area contributed by atoms with Crippen LogP contribution >= 0.6 is 11.6 Å². The SMILES string of the molecule is O=C(Nc1cncc(-c2cnc3[nH]nc(-c4nc5c(-c6cccc(Cl)c6)cncc5[nH]4)c3c2)c1)C1CC1. The third kappa shape index (κ3) is 3.99. The summed E-state index contributed by atoms with van der Waals surface area (Å²) in [6.45, 7) is 0. The van der Waals surface area contributed by atoms with Gasteiger partial charge in [-0.2, -0.15) is 5.10 Å². The summed E-state index contributed by atoms with van der Waals surface area (Å²) < 4.78 is 0. The Hall–Kier alpha value is -4.63. The predicted octanol–water partition coefficient (Wildman–Crippen LogP) is 5.63. The molecule has 5 heterocycles. The molecule has 1 aliphatic rings. The Balaban J connectivity index is 1.28. The van der Waals surface area contributed by atoms with Crippen LogP contribution in [-0.2, 0) is 4.79 Å². The fraction of sp³-hybridized carbons (Fsp3) is 0.111. The first-order chi connectivity index (χ1) is 18.1. The van der Waals surface area contributed by atoms with Crippen molar-refractivity contribution in [1.82, 2.24) is 35.1 Å². The Bertz CT molecular complexity index is 1820. The number of hydrogen-bond donors (Lipinski definition) is 3. The first-order valence-electron chi connectivity index (χ1n) is 11.8. The van der Waals surface area contributed by atoms with Crippen molar-refractivity contribution >= 4 is 45.3 Å². The van der Waals surface area contributed by atoms with Gasteiger partial charge in [0, 0.05) is 46.2 Å². The van der Waals surface area contributed by atoms with Crippen LogP contribution in [-0.4, -0.2) is 41.0 Å². The van der Waals surface area contributed by atoms with E-state index in [-0.39, 0.29) is 11.8 Å². The predicted molar refractivity (Wildman–Crippen MR) is 142 cm³/mol. The van der Waals surface area contributed by atoms with Crippen molar-refractivity contribution in [3.63, 3.8) is 0 Å². The highest BCUT2D eigenvalue weighted by atomic mass is 35.5. The summed E-state index contributed by atoms with van der Waals surface area (Å²) in [5.74, 6) is 0.759. The first kappa shape index (κ1) is 21.6. The molecule has 0 saturated heterocycles. The highest BCUT2D eigenvalue weighted by molar-refractivity contribution is 6.30. The van der Waals surface area contributed by atoms with E-state index >= 15 is 0 Å². The lowest BCUT2D eigenvalue weighted by Crippen LogP contribution is -2.13. The number of pyridine rings is 3. The number of carbonyl (C=O) groups excluding carboxylic acids is 1. The Morgan fingerprint density at radius 2 is 1.84 bits per heavy atom. The maximum atomic E-state index is 12.2. The van der Waals surface area contributed by atoms with E-state index in [2.05, 4.69) is 35.5 Å². The van der Waals surface area contributed by atoms with Gasteiger partial charge in [0.2, 0.25) is 5.91 Å². The second-order valence-corrected chi connectivity index (χ2v) is 9.53. The number of H-pyrrole nitrogens is 2. The molecule has 180 valence electrons. The molecule has 10 heteroatoms. The highest BCUT2D eigenvalue weighted by Crippen LogP contribution is 2.33. The van der Waals surface area contributed by atoms with Gasteiger partial charge in [0.25, 0.3) is 0 Å². The quantitative estimate of drug-likeness (QED) is 0.278. The molecule has 1 aromatic carbocycles. The minimum Gasteiger partial charge on any atom is -0.335 e. The minimum atomic E-state index is 0.0427. The molecule has 5 aromatic heterocycles. The summed E-state index contributed by atoms with van der Waals surface area (Å²) in [6.07, 6.45) is 10.6. The number of benzene rings is 1. The lowest BCUT2D eigenvalue weighted by atomic mass is 10.1. The van der Waals surface area contributed by atoms with Crippen molar-refractivity contribution in [3.8, 4) is 33.8 Å². The van der Waals surface area contributed by atoms with Crippen LogP contribution in [0, 0.1) is 5.92 Å². The molecule has 0 unspecified atom stereocenters. The number of carbonyl (C=O) groups is 1. The number of anilines is 1. The fourth-order valence-corrected chi connectivity index (χ4v) is 4.60. The molecule has 6 aromatic rings. The van der Waals surface area contributed by atoms with Crippen LogP contribution in [0.5, 0.6) is 0 Å². The number of fused-ring (bicyclic) bond motifs is 2. The Morgan fingerprint density at radius 3 is 2.70 bits per heavy atom. The second kappa shape index (κ2) is 8.49. The molecule has 0 radical (unpaired) electrons. The molecule has 37 heavy (non-hydrogen) atoms. The van der Waals surface area contributed by atoms with E-state index in [0.717, 1.165) is 51.5 Å². The van der Waals surface area contributed by atoms with Crippen molar-refractivity contribution in [3.05, 3.63) is 72.4 Å². The van der Waals surface area contributed by atoms with E-state index in [1.165, 1.54) is 0 Å². The van der Waals surface area contributed by atoms with Crippen LogP contribution in [0.25, 0.3) is 55.8 Å². The van der Waals surface area contributed by atoms with Gasteiger partial charge >= 0.3 is 0 Å². The molecule has 1 aliphatic carbocycles. The summed E-state index contributed by atoms with van der Waals surface area (Å²) in [7, 11) is 0. The monoisotopic (exact) mass is 506 g/mol. The van der Waals surface area contributed by atoms with Gasteiger partial charge < -0.3 is 10.3 Å². The van der Waals surface area contributed by atoms with Crippen molar-refractivity contribution in [2.75, 3.05) is 5.32 Å². The lowest BCUT2D eigenvalue weighted by Gasteiger charge is -2.06. The summed E-state index contributed by atoms with van der Waals surface area (Å²) in [5, 5.41) is 11.9. The van der Waals surface area contributed by atoms with Gasteiger partial charge in [-0.1, -0.05) is 23.7 Å². The molecule has 0 aliphatic heterocycles. The Morgan fingerprint density at radius 1 is 0.973 bits per heavy atom. The lowest BCUT2D eigenvalue weighted by molar-refractivity contribution is -0.117. The number of nitrogens with zero attached hydrogens (tertiary/aromatic N) is 5. The zero-order valence-corrected chi connectivity index (χ0v) is 20.1. The molecule has 0 spiro atoms. The molecule has 1 fully saturated rings. The van der Waals surface area contributed by atoms with Crippen LogP contribution in [0.3, 0.4) is 0 Å². The van der Waals surface area contributed by atoms with Crippen LogP contribution in [0.1, 0.15) is 12.8 Å². The number of halogens is 1. The number of hydrogen-bond acceptors (Lipinski definition) is 6. The molecule has 1 saturated carbocycles. The molecule has 1 amide bonds. The maximum Gasteiger partial charge on any atom is 0.227 e. The van der Waals surface area contributed by atoms with Gasteiger partial charge in [0.15, 0.2) is 11.5 Å². The number of imidazole rings is 1. The van der Waals surface area contributed by atoms with Crippen LogP contribution in [0.15, 0.2) is 67.4 Å². The van der Waals surface area contributed by atoms with E-state index < -0.39 is 0 Å². The highest BCUT2D eigenvalue weighted by Gasteiger charge is 2.29. The minimum absolute atomic E-state index is 0.0427. The Kier molecular flexibility index (Phi) is 4.97. The Labute approximate surface area is 215 Å². The molecule has 7 rings (SSSR count). The van der Waals surface area contributed by atoms with Gasteiger partial charge in [-0.3, -0.25) is 19.9 Å². The van der Waals surface area contributed by atoms with E-state index in [1.54, 1.807) is 31.0 Å². The summed E-state index contributed by atoms with van der Waals surface area (Å²) in [5.41, 5.74) is 7.00. The van der Waals surface area contributed by atoms with Crippen LogP contribution in [0.2, 0.25) is 5.02 Å². The fourth-order valence-electron chi connectivity index (χ4n) is 4.41. The first-order valence-corrected chi connectivity index (χ1v) is 12.2. The second-order valence-electron chi connectivity index (χ2n) is 9.10. The largest absolute Gasteiger partial charge is 0.335 e. The van der Waals surface area contributed by atoms with Crippen molar-refractivity contribution in [1.29, 1.82) is 0 Å².